The molecule has 0 saturated heterocycles. The van der Waals surface area contributed by atoms with Crippen LogP contribution < -0.4 is 10.1 Å². The average molecular weight is 472 g/mol. The molecule has 2 aromatic carbocycles. The number of nitrogens with zero attached hydrogens (tertiary/aromatic N) is 2. The summed E-state index contributed by atoms with van der Waals surface area (Å²) in [6.07, 6.45) is 1.22. The molecule has 0 aliphatic rings. The Bertz CT molecular complexity index is 1000. The standard InChI is InChI=1S/C24H26ClN3O5/c1-3-4-14-28(15-13-26-2)24(32)33-18-11-9-17(10-12-18)16-21(23(30)31)27-22(29)19-7-5-6-8-20(19)25/h5-12,21H,3-4,13-16H2,1H3,(H,27,29)(H,30,31). The molecule has 8 nitrogen and oxygen atoms in total. The van der Waals surface area contributed by atoms with Crippen molar-refractivity contribution in [2.75, 3.05) is 19.6 Å². The van der Waals surface area contributed by atoms with Crippen LogP contribution in [0.1, 0.15) is 35.7 Å². The highest BCUT2D eigenvalue weighted by molar-refractivity contribution is 6.33. The Kier molecular flexibility index (Phi) is 10.2. The highest BCUT2D eigenvalue weighted by Crippen LogP contribution is 2.17. The van der Waals surface area contributed by atoms with Gasteiger partial charge in [-0.3, -0.25) is 4.79 Å². The largest absolute Gasteiger partial charge is 0.480 e. The van der Waals surface area contributed by atoms with Gasteiger partial charge in [0.25, 0.3) is 5.91 Å². The SMILES string of the molecule is [C-]#[N+]CCN(CCCC)C(=O)Oc1ccc(CC(NC(=O)c2ccccc2Cl)C(=O)O)cc1. The van der Waals surface area contributed by atoms with Crippen molar-refractivity contribution in [3.63, 3.8) is 0 Å². The number of hydrogen-bond donors (Lipinski definition) is 2. The Morgan fingerprint density at radius 2 is 1.85 bits per heavy atom. The van der Waals surface area contributed by atoms with Crippen LogP contribution in [0.5, 0.6) is 5.75 Å². The average Bonchev–Trinajstić information content (AvgIpc) is 2.80. The van der Waals surface area contributed by atoms with E-state index in [0.29, 0.717) is 24.4 Å². The molecule has 0 fully saturated rings. The number of halogens is 1. The first-order valence-corrected chi connectivity index (χ1v) is 10.9. The zero-order valence-electron chi connectivity index (χ0n) is 18.3. The second-order valence-corrected chi connectivity index (χ2v) is 7.69. The van der Waals surface area contributed by atoms with Crippen molar-refractivity contribution >= 4 is 29.6 Å². The molecule has 0 radical (unpaired) electrons. The van der Waals surface area contributed by atoms with Gasteiger partial charge in [0.1, 0.15) is 11.8 Å². The Balaban J connectivity index is 2.01. The maximum Gasteiger partial charge on any atom is 0.415 e. The predicted octanol–water partition coefficient (Wildman–Crippen LogP) is 4.29. The number of rotatable bonds is 11. The van der Waals surface area contributed by atoms with Crippen LogP contribution in [0.2, 0.25) is 5.02 Å². The van der Waals surface area contributed by atoms with Crippen LogP contribution in [0.4, 0.5) is 4.79 Å². The fraction of sp³-hybridized carbons (Fsp3) is 0.333. The molecule has 0 aliphatic heterocycles. The summed E-state index contributed by atoms with van der Waals surface area (Å²) < 4.78 is 5.40. The second kappa shape index (κ2) is 13.1. The van der Waals surface area contributed by atoms with Gasteiger partial charge in [0.2, 0.25) is 6.54 Å². The van der Waals surface area contributed by atoms with Crippen LogP contribution in [-0.2, 0) is 11.2 Å². The number of aliphatic carboxylic acids is 1. The minimum atomic E-state index is -1.18. The number of ether oxygens (including phenoxy) is 1. The van der Waals surface area contributed by atoms with E-state index in [4.69, 9.17) is 22.9 Å². The van der Waals surface area contributed by atoms with E-state index >= 15 is 0 Å². The molecule has 0 spiro atoms. The minimum absolute atomic E-state index is 0.0351. The molecular formula is C24H26ClN3O5. The van der Waals surface area contributed by atoms with E-state index in [1.54, 1.807) is 42.5 Å². The Labute approximate surface area is 197 Å². The van der Waals surface area contributed by atoms with Crippen LogP contribution in [0.15, 0.2) is 48.5 Å². The first-order chi connectivity index (χ1) is 15.8. The number of carbonyl (C=O) groups excluding carboxylic acids is 2. The second-order valence-electron chi connectivity index (χ2n) is 7.28. The summed E-state index contributed by atoms with van der Waals surface area (Å²) in [6.45, 7) is 9.94. The number of amides is 2. The topological polar surface area (TPSA) is 100 Å². The number of carbonyl (C=O) groups is 3. The van der Waals surface area contributed by atoms with Crippen molar-refractivity contribution in [1.29, 1.82) is 0 Å². The maximum absolute atomic E-state index is 12.4. The summed E-state index contributed by atoms with van der Waals surface area (Å²) in [6, 6.07) is 11.6. The van der Waals surface area contributed by atoms with Gasteiger partial charge in [-0.25, -0.2) is 16.2 Å². The lowest BCUT2D eigenvalue weighted by atomic mass is 10.1. The first-order valence-electron chi connectivity index (χ1n) is 10.5. The molecule has 0 heterocycles. The Morgan fingerprint density at radius 3 is 2.45 bits per heavy atom. The summed E-state index contributed by atoms with van der Waals surface area (Å²) in [5.74, 6) is -1.46. The molecule has 9 heteroatoms. The van der Waals surface area contributed by atoms with Gasteiger partial charge < -0.3 is 24.9 Å². The molecule has 2 N–H and O–H groups in total. The van der Waals surface area contributed by atoms with E-state index < -0.39 is 24.0 Å². The summed E-state index contributed by atoms with van der Waals surface area (Å²) in [5.41, 5.74) is 0.830. The van der Waals surface area contributed by atoms with Crippen molar-refractivity contribution in [3.8, 4) is 5.75 Å². The summed E-state index contributed by atoms with van der Waals surface area (Å²) in [4.78, 5) is 41.3. The van der Waals surface area contributed by atoms with E-state index in [1.807, 2.05) is 6.92 Å². The van der Waals surface area contributed by atoms with Gasteiger partial charge in [0.15, 0.2) is 0 Å². The van der Waals surface area contributed by atoms with Crippen LogP contribution in [0.25, 0.3) is 4.85 Å². The van der Waals surface area contributed by atoms with Gasteiger partial charge in [0.05, 0.1) is 17.1 Å². The molecule has 0 saturated carbocycles. The molecule has 1 unspecified atom stereocenters. The molecule has 0 aliphatic carbocycles. The summed E-state index contributed by atoms with van der Waals surface area (Å²) in [7, 11) is 0. The van der Waals surface area contributed by atoms with Crippen LogP contribution in [-0.4, -0.2) is 53.7 Å². The van der Waals surface area contributed by atoms with Gasteiger partial charge in [-0.1, -0.05) is 49.2 Å². The third kappa shape index (κ3) is 8.13. The predicted molar refractivity (Wildman–Crippen MR) is 124 cm³/mol. The third-order valence-corrected chi connectivity index (χ3v) is 5.14. The lowest BCUT2D eigenvalue weighted by Crippen LogP contribution is -2.42. The van der Waals surface area contributed by atoms with E-state index in [2.05, 4.69) is 10.2 Å². The number of carboxylic acid groups (broad SMARTS) is 1. The Morgan fingerprint density at radius 1 is 1.15 bits per heavy atom. The van der Waals surface area contributed by atoms with E-state index in [0.717, 1.165) is 12.8 Å². The van der Waals surface area contributed by atoms with Crippen LogP contribution >= 0.6 is 11.6 Å². The fourth-order valence-electron chi connectivity index (χ4n) is 2.99. The third-order valence-electron chi connectivity index (χ3n) is 4.81. The minimum Gasteiger partial charge on any atom is -0.480 e. The monoisotopic (exact) mass is 471 g/mol. The highest BCUT2D eigenvalue weighted by atomic mass is 35.5. The molecule has 174 valence electrons. The van der Waals surface area contributed by atoms with Gasteiger partial charge in [-0.2, -0.15) is 0 Å². The van der Waals surface area contributed by atoms with Crippen LogP contribution in [0, 0.1) is 6.57 Å². The number of unbranched alkanes of at least 4 members (excludes halogenated alkanes) is 1. The van der Waals surface area contributed by atoms with Gasteiger partial charge in [0, 0.05) is 13.0 Å². The van der Waals surface area contributed by atoms with E-state index in [-0.39, 0.29) is 23.6 Å². The molecule has 2 amide bonds. The quantitative estimate of drug-likeness (QED) is 0.476. The van der Waals surface area contributed by atoms with Gasteiger partial charge >= 0.3 is 12.1 Å². The van der Waals surface area contributed by atoms with Crippen molar-refractivity contribution in [1.82, 2.24) is 10.2 Å². The summed E-state index contributed by atoms with van der Waals surface area (Å²) in [5, 5.41) is 12.2. The Hall–Kier alpha value is -3.57. The number of carboxylic acids is 1. The molecule has 33 heavy (non-hydrogen) atoms. The molecule has 2 aromatic rings. The number of hydrogen-bond acceptors (Lipinski definition) is 4. The van der Waals surface area contributed by atoms with Gasteiger partial charge in [-0.05, 0) is 36.2 Å². The van der Waals surface area contributed by atoms with Crippen molar-refractivity contribution in [2.45, 2.75) is 32.2 Å². The number of nitrogens with one attached hydrogen (secondary N) is 1. The van der Waals surface area contributed by atoms with E-state index in [1.165, 1.54) is 11.0 Å². The molecular weight excluding hydrogens is 446 g/mol. The maximum atomic E-state index is 12.4. The van der Waals surface area contributed by atoms with Crippen molar-refractivity contribution < 1.29 is 24.2 Å². The zero-order chi connectivity index (χ0) is 24.2. The zero-order valence-corrected chi connectivity index (χ0v) is 19.0. The molecule has 0 aromatic heterocycles. The lowest BCUT2D eigenvalue weighted by Gasteiger charge is -2.19. The lowest BCUT2D eigenvalue weighted by molar-refractivity contribution is -0.139. The normalized spacial score (nSPS) is 11.2. The van der Waals surface area contributed by atoms with Crippen molar-refractivity contribution in [2.24, 2.45) is 0 Å². The van der Waals surface area contributed by atoms with Gasteiger partial charge in [-0.15, -0.1) is 0 Å². The number of benzene rings is 2. The van der Waals surface area contributed by atoms with E-state index in [9.17, 15) is 19.5 Å². The molecule has 2 rings (SSSR count). The molecule has 1 atom stereocenters. The smallest absolute Gasteiger partial charge is 0.415 e. The fourth-order valence-corrected chi connectivity index (χ4v) is 3.21. The summed E-state index contributed by atoms with van der Waals surface area (Å²) >= 11 is 6.01. The molecule has 0 bridgehead atoms. The first kappa shape index (κ1) is 25.7. The van der Waals surface area contributed by atoms with Crippen LogP contribution in [0.3, 0.4) is 0 Å². The highest BCUT2D eigenvalue weighted by Gasteiger charge is 2.22. The van der Waals surface area contributed by atoms with Crippen molar-refractivity contribution in [3.05, 3.63) is 76.1 Å².